The van der Waals surface area contributed by atoms with Crippen LogP contribution in [-0.2, 0) is 17.5 Å². The Morgan fingerprint density at radius 3 is 2.41 bits per heavy atom. The van der Waals surface area contributed by atoms with Crippen LogP contribution in [0.2, 0.25) is 10.0 Å². The number of benzene rings is 2. The van der Waals surface area contributed by atoms with Crippen LogP contribution in [0.5, 0.6) is 0 Å². The zero-order chi connectivity index (χ0) is 21.2. The van der Waals surface area contributed by atoms with Gasteiger partial charge in [-0.15, -0.1) is 0 Å². The van der Waals surface area contributed by atoms with E-state index in [-0.39, 0.29) is 18.1 Å². The quantitative estimate of drug-likeness (QED) is 0.558. The van der Waals surface area contributed by atoms with Crippen LogP contribution >= 0.6 is 23.2 Å². The number of carbonyl (C=O) groups excluding carboxylic acids is 1. The molecule has 29 heavy (non-hydrogen) atoms. The smallest absolute Gasteiger partial charge is 0.350 e. The minimum absolute atomic E-state index is 0.133. The number of carbonyl (C=O) groups is 1. The summed E-state index contributed by atoms with van der Waals surface area (Å²) in [5.41, 5.74) is 0.234. The van der Waals surface area contributed by atoms with Crippen molar-refractivity contribution in [2.45, 2.75) is 25.6 Å². The fourth-order valence-corrected chi connectivity index (χ4v) is 3.06. The molecule has 0 spiro atoms. The van der Waals surface area contributed by atoms with E-state index in [2.05, 4.69) is 10.4 Å². The number of hydrogen-bond acceptors (Lipinski definition) is 2. The number of aromatic nitrogens is 2. The van der Waals surface area contributed by atoms with Crippen LogP contribution in [0.3, 0.4) is 0 Å². The molecule has 0 aliphatic carbocycles. The predicted molar refractivity (Wildman–Crippen MR) is 105 cm³/mol. The first-order chi connectivity index (χ1) is 13.6. The molecular weight excluding hydrogens is 426 g/mol. The van der Waals surface area contributed by atoms with Gasteiger partial charge in [0.25, 0.3) is 0 Å². The number of nitrogens with zero attached hydrogens (tertiary/aromatic N) is 2. The molecule has 4 nitrogen and oxygen atoms in total. The van der Waals surface area contributed by atoms with Crippen molar-refractivity contribution in [1.29, 1.82) is 0 Å². The number of amides is 1. The van der Waals surface area contributed by atoms with Crippen LogP contribution in [0.25, 0.3) is 5.69 Å². The lowest BCUT2D eigenvalue weighted by atomic mass is 10.0. The molecule has 152 valence electrons. The molecule has 0 aliphatic heterocycles. The molecule has 2 aromatic carbocycles. The summed E-state index contributed by atoms with van der Waals surface area (Å²) in [5, 5.41) is 7.23. The Hall–Kier alpha value is -2.51. The van der Waals surface area contributed by atoms with Crippen LogP contribution in [0, 0.1) is 0 Å². The van der Waals surface area contributed by atoms with Crippen molar-refractivity contribution in [2.75, 3.05) is 0 Å². The molecule has 0 saturated carbocycles. The summed E-state index contributed by atoms with van der Waals surface area (Å²) >= 11 is 11.8. The second-order valence-corrected chi connectivity index (χ2v) is 7.27. The molecule has 3 rings (SSSR count). The monoisotopic (exact) mass is 441 g/mol. The summed E-state index contributed by atoms with van der Waals surface area (Å²) in [6.07, 6.45) is -4.61. The highest BCUT2D eigenvalue weighted by Gasteiger charge is 2.35. The average Bonchev–Trinajstić information content (AvgIpc) is 3.11. The Morgan fingerprint density at radius 2 is 1.79 bits per heavy atom. The topological polar surface area (TPSA) is 46.9 Å². The van der Waals surface area contributed by atoms with E-state index in [1.54, 1.807) is 49.4 Å². The predicted octanol–water partition coefficient (Wildman–Crippen LogP) is 5.62. The first kappa shape index (κ1) is 21.2. The third-order valence-corrected chi connectivity index (χ3v) is 4.82. The maximum atomic E-state index is 13.2. The Balaban J connectivity index is 1.83. The maximum Gasteiger partial charge on any atom is 0.435 e. The van der Waals surface area contributed by atoms with E-state index >= 15 is 0 Å². The number of hydrogen-bond donors (Lipinski definition) is 1. The van der Waals surface area contributed by atoms with E-state index in [1.807, 2.05) is 0 Å². The highest BCUT2D eigenvalue weighted by atomic mass is 35.5. The molecule has 1 aromatic heterocycles. The molecule has 1 unspecified atom stereocenters. The van der Waals surface area contributed by atoms with Gasteiger partial charge in [-0.05, 0) is 48.9 Å². The Kier molecular flexibility index (Phi) is 6.19. The number of nitrogens with one attached hydrogen (secondary N) is 1. The minimum atomic E-state index is -4.61. The van der Waals surface area contributed by atoms with E-state index in [1.165, 1.54) is 6.07 Å². The molecular formula is C20H16Cl2F3N3O. The lowest BCUT2D eigenvalue weighted by Gasteiger charge is -2.13. The summed E-state index contributed by atoms with van der Waals surface area (Å²) in [7, 11) is 0. The van der Waals surface area contributed by atoms with Crippen molar-refractivity contribution in [1.82, 2.24) is 15.1 Å². The summed E-state index contributed by atoms with van der Waals surface area (Å²) in [5.74, 6) is -0.836. The number of alkyl halides is 3. The molecule has 0 fully saturated rings. The lowest BCUT2D eigenvalue weighted by Crippen LogP contribution is -2.28. The molecule has 1 atom stereocenters. The van der Waals surface area contributed by atoms with Crippen LogP contribution in [0.1, 0.15) is 29.8 Å². The van der Waals surface area contributed by atoms with Gasteiger partial charge in [0.05, 0.1) is 23.8 Å². The van der Waals surface area contributed by atoms with Gasteiger partial charge in [-0.1, -0.05) is 41.4 Å². The fourth-order valence-electron chi connectivity index (χ4n) is 2.75. The SMILES string of the molecule is CC(C(=O)NCc1cc(C(F)(F)F)nn1-c1cccc(Cl)c1)c1ccc(Cl)cc1. The molecule has 0 saturated heterocycles. The van der Waals surface area contributed by atoms with Crippen LogP contribution in [0.4, 0.5) is 13.2 Å². The molecule has 0 aliphatic rings. The van der Waals surface area contributed by atoms with E-state index in [4.69, 9.17) is 23.2 Å². The third kappa shape index (κ3) is 5.10. The van der Waals surface area contributed by atoms with E-state index in [0.29, 0.717) is 15.7 Å². The molecule has 1 amide bonds. The normalized spacial score (nSPS) is 12.6. The van der Waals surface area contributed by atoms with Crippen LogP contribution in [0.15, 0.2) is 54.6 Å². The van der Waals surface area contributed by atoms with E-state index in [9.17, 15) is 18.0 Å². The van der Waals surface area contributed by atoms with E-state index in [0.717, 1.165) is 16.3 Å². The lowest BCUT2D eigenvalue weighted by molar-refractivity contribution is -0.141. The highest BCUT2D eigenvalue weighted by molar-refractivity contribution is 6.30. The zero-order valence-electron chi connectivity index (χ0n) is 15.2. The van der Waals surface area contributed by atoms with Crippen molar-refractivity contribution in [3.63, 3.8) is 0 Å². The van der Waals surface area contributed by atoms with Gasteiger partial charge in [-0.2, -0.15) is 18.3 Å². The van der Waals surface area contributed by atoms with Crippen molar-refractivity contribution < 1.29 is 18.0 Å². The number of halogens is 5. The molecule has 0 radical (unpaired) electrons. The first-order valence-electron chi connectivity index (χ1n) is 8.60. The second-order valence-electron chi connectivity index (χ2n) is 6.40. The van der Waals surface area contributed by atoms with Crippen molar-refractivity contribution >= 4 is 29.1 Å². The maximum absolute atomic E-state index is 13.2. The zero-order valence-corrected chi connectivity index (χ0v) is 16.7. The van der Waals surface area contributed by atoms with Gasteiger partial charge in [0, 0.05) is 10.0 Å². The molecule has 1 N–H and O–H groups in total. The summed E-state index contributed by atoms with van der Waals surface area (Å²) < 4.78 is 40.6. The van der Waals surface area contributed by atoms with Gasteiger partial charge in [0.1, 0.15) is 0 Å². The highest BCUT2D eigenvalue weighted by Crippen LogP contribution is 2.30. The largest absolute Gasteiger partial charge is 0.435 e. The summed E-state index contributed by atoms with van der Waals surface area (Å²) in [4.78, 5) is 12.5. The van der Waals surface area contributed by atoms with Gasteiger partial charge in [0.2, 0.25) is 5.91 Å². The third-order valence-electron chi connectivity index (χ3n) is 4.33. The van der Waals surface area contributed by atoms with E-state index < -0.39 is 17.8 Å². The second kappa shape index (κ2) is 8.47. The Bertz CT molecular complexity index is 1020. The van der Waals surface area contributed by atoms with Gasteiger partial charge in [0.15, 0.2) is 5.69 Å². The van der Waals surface area contributed by atoms with Gasteiger partial charge >= 0.3 is 6.18 Å². The molecule has 9 heteroatoms. The van der Waals surface area contributed by atoms with Crippen LogP contribution in [-0.4, -0.2) is 15.7 Å². The van der Waals surface area contributed by atoms with Gasteiger partial charge < -0.3 is 5.32 Å². The Morgan fingerprint density at radius 1 is 1.10 bits per heavy atom. The average molecular weight is 442 g/mol. The fraction of sp³-hybridized carbons (Fsp3) is 0.200. The molecule has 1 heterocycles. The van der Waals surface area contributed by atoms with Gasteiger partial charge in [-0.3, -0.25) is 4.79 Å². The Labute approximate surface area is 175 Å². The van der Waals surface area contributed by atoms with Crippen molar-refractivity contribution in [3.8, 4) is 5.69 Å². The van der Waals surface area contributed by atoms with Crippen molar-refractivity contribution in [2.24, 2.45) is 0 Å². The summed E-state index contributed by atoms with van der Waals surface area (Å²) in [6, 6.07) is 14.0. The standard InChI is InChI=1S/C20H16Cl2F3N3O/c1-12(13-5-7-14(21)8-6-13)19(29)26-11-17-10-18(20(23,24)25)27-28(17)16-4-2-3-15(22)9-16/h2-10,12H,11H2,1H3,(H,26,29). The first-order valence-corrected chi connectivity index (χ1v) is 9.36. The number of rotatable bonds is 5. The molecule has 0 bridgehead atoms. The minimum Gasteiger partial charge on any atom is -0.350 e. The summed E-state index contributed by atoms with van der Waals surface area (Å²) in [6.45, 7) is 1.57. The van der Waals surface area contributed by atoms with Crippen LogP contribution < -0.4 is 5.32 Å². The van der Waals surface area contributed by atoms with Crippen molar-refractivity contribution in [3.05, 3.63) is 81.6 Å². The molecule has 3 aromatic rings. The van der Waals surface area contributed by atoms with Gasteiger partial charge in [-0.25, -0.2) is 4.68 Å².